The van der Waals surface area contributed by atoms with E-state index in [-0.39, 0.29) is 27.1 Å². The second-order valence-corrected chi connectivity index (χ2v) is 1.40. The topological polar surface area (TPSA) is 0 Å². The van der Waals surface area contributed by atoms with Crippen molar-refractivity contribution in [3.05, 3.63) is 0 Å². The molecule has 0 aliphatic carbocycles. The van der Waals surface area contributed by atoms with E-state index in [4.69, 9.17) is 0 Å². The molecule has 0 heterocycles. The van der Waals surface area contributed by atoms with Crippen LogP contribution < -0.4 is 0 Å². The van der Waals surface area contributed by atoms with Gasteiger partial charge in [-0.2, -0.15) is 0 Å². The molecule has 0 aromatic heterocycles. The summed E-state index contributed by atoms with van der Waals surface area (Å²) in [5.41, 5.74) is 0. The molecule has 0 nitrogen and oxygen atoms in total. The third-order valence-electron chi connectivity index (χ3n) is 0.737. The Morgan fingerprint density at radius 3 is 2.00 bits per heavy atom. The van der Waals surface area contributed by atoms with E-state index in [1.807, 2.05) is 0 Å². The molecule has 0 spiro atoms. The van der Waals surface area contributed by atoms with Gasteiger partial charge in [0.05, 0.1) is 6.67 Å². The van der Waals surface area contributed by atoms with Crippen LogP contribution in [0.3, 0.4) is 0 Å². The quantitative estimate of drug-likeness (QED) is 0.479. The zero-order valence-corrected chi connectivity index (χ0v) is 6.08. The molecule has 0 aromatic rings. The van der Waals surface area contributed by atoms with Gasteiger partial charge in [0.2, 0.25) is 0 Å². The van der Waals surface area contributed by atoms with Crippen LogP contribution in [0.1, 0.15) is 26.2 Å². The van der Waals surface area contributed by atoms with Crippen molar-refractivity contribution < 1.29 is 24.8 Å². The van der Waals surface area contributed by atoms with E-state index in [0.717, 1.165) is 19.3 Å². The molecule has 7 heavy (non-hydrogen) atoms. The summed E-state index contributed by atoms with van der Waals surface area (Å²) in [5, 5.41) is 0. The first kappa shape index (κ1) is 10.6. The minimum absolute atomic E-state index is 0. The van der Waals surface area contributed by atoms with Gasteiger partial charge in [-0.05, 0) is 6.42 Å². The van der Waals surface area contributed by atoms with Crippen LogP contribution >= 0.6 is 0 Å². The van der Waals surface area contributed by atoms with E-state index in [0.29, 0.717) is 0 Å². The van der Waals surface area contributed by atoms with E-state index < -0.39 is 0 Å². The summed E-state index contributed by atoms with van der Waals surface area (Å²) in [6.45, 7) is 1.92. The maximum atomic E-state index is 11.2. The van der Waals surface area contributed by atoms with Crippen molar-refractivity contribution in [1.82, 2.24) is 0 Å². The normalized spacial score (nSPS) is 7.71. The standard InChI is InChI=1S/C5H11F.Pd/c1-2-3-4-5-6;/h2-5H2,1H3;. The molecule has 0 unspecified atom stereocenters. The fourth-order valence-corrected chi connectivity index (χ4v) is 0.344. The Labute approximate surface area is 58.1 Å². The van der Waals surface area contributed by atoms with Gasteiger partial charge in [0, 0.05) is 20.4 Å². The molecule has 0 aliphatic rings. The molecule has 0 bridgehead atoms. The van der Waals surface area contributed by atoms with Gasteiger partial charge in [0.1, 0.15) is 0 Å². The summed E-state index contributed by atoms with van der Waals surface area (Å²) in [5.74, 6) is 0. The number of hydrogen-bond acceptors (Lipinski definition) is 0. The molecule has 0 N–H and O–H groups in total. The molecule has 0 saturated heterocycles. The average molecular weight is 197 g/mol. The molecular weight excluding hydrogens is 185 g/mol. The van der Waals surface area contributed by atoms with Gasteiger partial charge in [0.15, 0.2) is 0 Å². The van der Waals surface area contributed by atoms with Crippen LogP contribution in [0.5, 0.6) is 0 Å². The molecule has 48 valence electrons. The van der Waals surface area contributed by atoms with E-state index in [9.17, 15) is 4.39 Å². The summed E-state index contributed by atoms with van der Waals surface area (Å²) >= 11 is 0. The van der Waals surface area contributed by atoms with Crippen LogP contribution in [-0.4, -0.2) is 6.67 Å². The molecule has 0 rings (SSSR count). The first-order valence-corrected chi connectivity index (χ1v) is 2.47. The molecule has 0 radical (unpaired) electrons. The minimum atomic E-state index is -0.145. The van der Waals surface area contributed by atoms with Crippen molar-refractivity contribution in [2.24, 2.45) is 0 Å². The summed E-state index contributed by atoms with van der Waals surface area (Å²) < 4.78 is 11.2. The monoisotopic (exact) mass is 196 g/mol. The van der Waals surface area contributed by atoms with E-state index in [1.54, 1.807) is 0 Å². The molecule has 2 heteroatoms. The average Bonchev–Trinajstić information content (AvgIpc) is 1.61. The summed E-state index contributed by atoms with van der Waals surface area (Å²) in [7, 11) is 0. The number of alkyl halides is 1. The van der Waals surface area contributed by atoms with Crippen LogP contribution in [0.4, 0.5) is 4.39 Å². The molecule has 0 amide bonds. The van der Waals surface area contributed by atoms with Gasteiger partial charge in [-0.3, -0.25) is 4.39 Å². The predicted octanol–water partition coefficient (Wildman–Crippen LogP) is 2.14. The van der Waals surface area contributed by atoms with Crippen molar-refractivity contribution in [2.75, 3.05) is 6.67 Å². The molecular formula is C5H11FPd. The zero-order valence-electron chi connectivity index (χ0n) is 4.52. The Hall–Kier alpha value is 0.592. The third-order valence-corrected chi connectivity index (χ3v) is 0.737. The van der Waals surface area contributed by atoms with E-state index >= 15 is 0 Å². The minimum Gasteiger partial charge on any atom is -0.251 e. The van der Waals surface area contributed by atoms with Crippen LogP contribution in [0.2, 0.25) is 0 Å². The van der Waals surface area contributed by atoms with Crippen molar-refractivity contribution in [1.29, 1.82) is 0 Å². The van der Waals surface area contributed by atoms with Gasteiger partial charge >= 0.3 is 0 Å². The SMILES string of the molecule is CCCCCF.[Pd]. The summed E-state index contributed by atoms with van der Waals surface area (Å²) in [6, 6.07) is 0. The largest absolute Gasteiger partial charge is 0.251 e. The van der Waals surface area contributed by atoms with Gasteiger partial charge < -0.3 is 0 Å². The fraction of sp³-hybridized carbons (Fsp3) is 1.00. The van der Waals surface area contributed by atoms with Crippen LogP contribution in [0, 0.1) is 0 Å². The Morgan fingerprint density at radius 1 is 1.29 bits per heavy atom. The summed E-state index contributed by atoms with van der Waals surface area (Å²) in [4.78, 5) is 0. The van der Waals surface area contributed by atoms with E-state index in [2.05, 4.69) is 6.92 Å². The van der Waals surface area contributed by atoms with Crippen LogP contribution in [-0.2, 0) is 20.4 Å². The number of rotatable bonds is 3. The molecule has 0 aromatic carbocycles. The molecule has 0 aliphatic heterocycles. The van der Waals surface area contributed by atoms with Crippen molar-refractivity contribution in [2.45, 2.75) is 26.2 Å². The van der Waals surface area contributed by atoms with Gasteiger partial charge in [0.25, 0.3) is 0 Å². The Balaban J connectivity index is 0. The fourth-order valence-electron chi connectivity index (χ4n) is 0.344. The Bertz CT molecular complexity index is 20.0. The van der Waals surface area contributed by atoms with Crippen LogP contribution in [0.25, 0.3) is 0 Å². The van der Waals surface area contributed by atoms with Gasteiger partial charge in [-0.1, -0.05) is 19.8 Å². The maximum Gasteiger partial charge on any atom is 0.0894 e. The molecule has 0 atom stereocenters. The zero-order chi connectivity index (χ0) is 4.83. The van der Waals surface area contributed by atoms with Crippen LogP contribution in [0.15, 0.2) is 0 Å². The summed E-state index contributed by atoms with van der Waals surface area (Å²) in [6.07, 6.45) is 2.90. The smallest absolute Gasteiger partial charge is 0.0894 e. The Kier molecular flexibility index (Phi) is 14.7. The predicted molar refractivity (Wildman–Crippen MR) is 25.5 cm³/mol. The van der Waals surface area contributed by atoms with Crippen molar-refractivity contribution in [3.63, 3.8) is 0 Å². The van der Waals surface area contributed by atoms with Crippen molar-refractivity contribution >= 4 is 0 Å². The second-order valence-electron chi connectivity index (χ2n) is 1.40. The number of hydrogen-bond donors (Lipinski definition) is 0. The van der Waals surface area contributed by atoms with Gasteiger partial charge in [-0.25, -0.2) is 0 Å². The third kappa shape index (κ3) is 10.8. The number of halogens is 1. The second kappa shape index (κ2) is 9.78. The first-order valence-electron chi connectivity index (χ1n) is 2.47. The van der Waals surface area contributed by atoms with Crippen molar-refractivity contribution in [3.8, 4) is 0 Å². The van der Waals surface area contributed by atoms with Gasteiger partial charge in [-0.15, -0.1) is 0 Å². The number of unbranched alkanes of at least 4 members (excludes halogenated alkanes) is 2. The van der Waals surface area contributed by atoms with E-state index in [1.165, 1.54) is 0 Å². The first-order chi connectivity index (χ1) is 2.91. The Morgan fingerprint density at radius 2 is 1.86 bits per heavy atom. The molecule has 0 saturated carbocycles. The maximum absolute atomic E-state index is 11.2. The molecule has 0 fully saturated rings.